The minimum atomic E-state index is 0.0951. The lowest BCUT2D eigenvalue weighted by molar-refractivity contribution is -0.122. The van der Waals surface area contributed by atoms with E-state index in [4.69, 9.17) is 5.73 Å². The molecule has 0 saturated heterocycles. The van der Waals surface area contributed by atoms with Gasteiger partial charge in [0.15, 0.2) is 0 Å². The van der Waals surface area contributed by atoms with Crippen LogP contribution in [-0.2, 0) is 4.79 Å². The summed E-state index contributed by atoms with van der Waals surface area (Å²) < 4.78 is 0. The first kappa shape index (κ1) is 15.4. The molecule has 96 valence electrons. The summed E-state index contributed by atoms with van der Waals surface area (Å²) in [5.41, 5.74) is 5.34. The molecule has 0 aliphatic carbocycles. The SMILES string of the molecule is CCCCN(CCCC)CC(=O)NCCN. The van der Waals surface area contributed by atoms with Gasteiger partial charge in [-0.1, -0.05) is 26.7 Å². The summed E-state index contributed by atoms with van der Waals surface area (Å²) in [6, 6.07) is 0. The predicted octanol–water partition coefficient (Wildman–Crippen LogP) is 0.964. The van der Waals surface area contributed by atoms with Crippen molar-refractivity contribution in [2.75, 3.05) is 32.7 Å². The molecule has 0 aliphatic heterocycles. The third-order valence-electron chi connectivity index (χ3n) is 2.49. The van der Waals surface area contributed by atoms with Gasteiger partial charge in [0.2, 0.25) is 5.91 Å². The zero-order valence-electron chi connectivity index (χ0n) is 10.8. The fourth-order valence-electron chi connectivity index (χ4n) is 1.50. The van der Waals surface area contributed by atoms with Gasteiger partial charge < -0.3 is 11.1 Å². The first-order valence-electron chi connectivity index (χ1n) is 6.43. The number of rotatable bonds is 10. The van der Waals surface area contributed by atoms with Gasteiger partial charge in [-0.2, -0.15) is 0 Å². The van der Waals surface area contributed by atoms with Crippen LogP contribution in [-0.4, -0.2) is 43.5 Å². The van der Waals surface area contributed by atoms with E-state index in [1.165, 1.54) is 12.8 Å². The molecule has 0 spiro atoms. The van der Waals surface area contributed by atoms with Gasteiger partial charge in [-0.25, -0.2) is 0 Å². The zero-order chi connectivity index (χ0) is 12.2. The van der Waals surface area contributed by atoms with E-state index in [1.54, 1.807) is 0 Å². The molecular formula is C12H27N3O. The number of amides is 1. The Kier molecular flexibility index (Phi) is 10.5. The molecule has 0 saturated carbocycles. The van der Waals surface area contributed by atoms with E-state index < -0.39 is 0 Å². The van der Waals surface area contributed by atoms with Crippen molar-refractivity contribution in [1.82, 2.24) is 10.2 Å². The van der Waals surface area contributed by atoms with Crippen LogP contribution in [0.4, 0.5) is 0 Å². The van der Waals surface area contributed by atoms with Gasteiger partial charge in [-0.3, -0.25) is 9.69 Å². The lowest BCUT2D eigenvalue weighted by Crippen LogP contribution is -2.39. The molecule has 4 nitrogen and oxygen atoms in total. The average molecular weight is 229 g/mol. The molecule has 0 heterocycles. The highest BCUT2D eigenvalue weighted by Gasteiger charge is 2.08. The molecule has 0 fully saturated rings. The lowest BCUT2D eigenvalue weighted by atomic mass is 10.2. The minimum absolute atomic E-state index is 0.0951. The van der Waals surface area contributed by atoms with E-state index in [0.717, 1.165) is 25.9 Å². The summed E-state index contributed by atoms with van der Waals surface area (Å²) in [5.74, 6) is 0.0951. The highest BCUT2D eigenvalue weighted by atomic mass is 16.2. The van der Waals surface area contributed by atoms with Crippen molar-refractivity contribution in [1.29, 1.82) is 0 Å². The molecule has 4 heteroatoms. The van der Waals surface area contributed by atoms with Crippen LogP contribution in [0.5, 0.6) is 0 Å². The van der Waals surface area contributed by atoms with Crippen molar-refractivity contribution >= 4 is 5.91 Å². The van der Waals surface area contributed by atoms with Crippen LogP contribution >= 0.6 is 0 Å². The fraction of sp³-hybridized carbons (Fsp3) is 0.917. The molecule has 3 N–H and O–H groups in total. The number of carbonyl (C=O) groups is 1. The van der Waals surface area contributed by atoms with E-state index in [0.29, 0.717) is 19.6 Å². The van der Waals surface area contributed by atoms with E-state index in [2.05, 4.69) is 24.1 Å². The van der Waals surface area contributed by atoms with Crippen LogP contribution in [0.3, 0.4) is 0 Å². The van der Waals surface area contributed by atoms with Crippen molar-refractivity contribution < 1.29 is 4.79 Å². The van der Waals surface area contributed by atoms with E-state index in [9.17, 15) is 4.79 Å². The number of hydrogen-bond donors (Lipinski definition) is 2. The summed E-state index contributed by atoms with van der Waals surface area (Å²) in [4.78, 5) is 13.8. The molecule has 0 aliphatic rings. The van der Waals surface area contributed by atoms with Gasteiger partial charge in [0.05, 0.1) is 6.54 Å². The zero-order valence-corrected chi connectivity index (χ0v) is 10.8. The number of hydrogen-bond acceptors (Lipinski definition) is 3. The molecule has 0 aromatic heterocycles. The third-order valence-corrected chi connectivity index (χ3v) is 2.49. The summed E-state index contributed by atoms with van der Waals surface area (Å²) in [7, 11) is 0. The molecule has 16 heavy (non-hydrogen) atoms. The van der Waals surface area contributed by atoms with Gasteiger partial charge >= 0.3 is 0 Å². The predicted molar refractivity (Wildman–Crippen MR) is 68.3 cm³/mol. The molecule has 0 atom stereocenters. The Labute approximate surface area is 99.6 Å². The average Bonchev–Trinajstić information content (AvgIpc) is 2.30. The Morgan fingerprint density at radius 3 is 2.19 bits per heavy atom. The van der Waals surface area contributed by atoms with Crippen LogP contribution < -0.4 is 11.1 Å². The van der Waals surface area contributed by atoms with Crippen molar-refractivity contribution in [2.24, 2.45) is 5.73 Å². The van der Waals surface area contributed by atoms with Crippen LogP contribution in [0.2, 0.25) is 0 Å². The van der Waals surface area contributed by atoms with Crippen molar-refractivity contribution in [3.8, 4) is 0 Å². The van der Waals surface area contributed by atoms with E-state index in [1.807, 2.05) is 0 Å². The summed E-state index contributed by atoms with van der Waals surface area (Å²) in [6.45, 7) is 7.99. The molecule has 0 unspecified atom stereocenters. The van der Waals surface area contributed by atoms with Crippen LogP contribution in [0.25, 0.3) is 0 Å². The number of nitrogens with one attached hydrogen (secondary N) is 1. The Bertz CT molecular complexity index is 166. The second-order valence-corrected chi connectivity index (χ2v) is 4.12. The Morgan fingerprint density at radius 2 is 1.75 bits per heavy atom. The van der Waals surface area contributed by atoms with Crippen LogP contribution in [0.1, 0.15) is 39.5 Å². The number of carbonyl (C=O) groups excluding carboxylic acids is 1. The van der Waals surface area contributed by atoms with Crippen molar-refractivity contribution in [2.45, 2.75) is 39.5 Å². The molecule has 0 aromatic carbocycles. The Morgan fingerprint density at radius 1 is 1.19 bits per heavy atom. The van der Waals surface area contributed by atoms with Crippen molar-refractivity contribution in [3.63, 3.8) is 0 Å². The van der Waals surface area contributed by atoms with Crippen molar-refractivity contribution in [3.05, 3.63) is 0 Å². The number of nitrogens with two attached hydrogens (primary N) is 1. The third kappa shape index (κ3) is 8.68. The summed E-state index contributed by atoms with van der Waals surface area (Å²) in [6.07, 6.45) is 4.67. The topological polar surface area (TPSA) is 58.4 Å². The normalized spacial score (nSPS) is 10.8. The van der Waals surface area contributed by atoms with Crippen LogP contribution in [0, 0.1) is 0 Å². The quantitative estimate of drug-likeness (QED) is 0.587. The van der Waals surface area contributed by atoms with E-state index in [-0.39, 0.29) is 5.91 Å². The molecule has 0 bridgehead atoms. The van der Waals surface area contributed by atoms with Crippen LogP contribution in [0.15, 0.2) is 0 Å². The molecule has 0 aromatic rings. The Hall–Kier alpha value is -0.610. The maximum Gasteiger partial charge on any atom is 0.234 e. The molecular weight excluding hydrogens is 202 g/mol. The second-order valence-electron chi connectivity index (χ2n) is 4.12. The maximum absolute atomic E-state index is 11.5. The first-order chi connectivity index (χ1) is 7.74. The van der Waals surface area contributed by atoms with Gasteiger partial charge in [0.1, 0.15) is 0 Å². The molecule has 0 rings (SSSR count). The summed E-state index contributed by atoms with van der Waals surface area (Å²) >= 11 is 0. The van der Waals surface area contributed by atoms with Gasteiger partial charge in [-0.05, 0) is 25.9 Å². The minimum Gasteiger partial charge on any atom is -0.354 e. The highest BCUT2D eigenvalue weighted by molar-refractivity contribution is 5.77. The highest BCUT2D eigenvalue weighted by Crippen LogP contribution is 1.98. The van der Waals surface area contributed by atoms with Gasteiger partial charge in [0.25, 0.3) is 0 Å². The number of unbranched alkanes of at least 4 members (excludes halogenated alkanes) is 2. The standard InChI is InChI=1S/C12H27N3O/c1-3-5-9-15(10-6-4-2)11-12(16)14-8-7-13/h3-11,13H2,1-2H3,(H,14,16). The maximum atomic E-state index is 11.5. The Balaban J connectivity index is 3.82. The monoisotopic (exact) mass is 229 g/mol. The smallest absolute Gasteiger partial charge is 0.234 e. The largest absolute Gasteiger partial charge is 0.354 e. The molecule has 1 amide bonds. The van der Waals surface area contributed by atoms with E-state index >= 15 is 0 Å². The fourth-order valence-corrected chi connectivity index (χ4v) is 1.50. The first-order valence-corrected chi connectivity index (χ1v) is 6.43. The van der Waals surface area contributed by atoms with Gasteiger partial charge in [-0.15, -0.1) is 0 Å². The second kappa shape index (κ2) is 10.9. The summed E-state index contributed by atoms with van der Waals surface area (Å²) in [5, 5.41) is 2.81. The molecule has 0 radical (unpaired) electrons. The number of nitrogens with zero attached hydrogens (tertiary/aromatic N) is 1. The van der Waals surface area contributed by atoms with Gasteiger partial charge in [0, 0.05) is 13.1 Å². The lowest BCUT2D eigenvalue weighted by Gasteiger charge is -2.21.